The number of hydrazine groups is 2. The molecule has 18 heteroatoms. The van der Waals surface area contributed by atoms with Gasteiger partial charge < -0.3 is 30.9 Å². The summed E-state index contributed by atoms with van der Waals surface area (Å²) in [7, 11) is 0. The van der Waals surface area contributed by atoms with Gasteiger partial charge >= 0.3 is 24.3 Å². The molecule has 0 aromatic rings. The fourth-order valence-corrected chi connectivity index (χ4v) is 1.87. The van der Waals surface area contributed by atoms with E-state index in [0.717, 1.165) is 38.1 Å². The summed E-state index contributed by atoms with van der Waals surface area (Å²) in [6.45, 7) is 3.56. The highest BCUT2D eigenvalue weighted by atomic mass is 19.4. The average Bonchev–Trinajstić information content (AvgIpc) is 3.37. The van der Waals surface area contributed by atoms with Gasteiger partial charge in [0, 0.05) is 12.4 Å². The molecular weight excluding hydrogens is 458 g/mol. The smallest absolute Gasteiger partial charge is 0.475 e. The highest BCUT2D eigenvalue weighted by molar-refractivity contribution is 5.73. The summed E-state index contributed by atoms with van der Waals surface area (Å²) >= 11 is 0. The van der Waals surface area contributed by atoms with Crippen LogP contribution in [0.2, 0.25) is 0 Å². The molecule has 2 saturated heterocycles. The minimum Gasteiger partial charge on any atom is -0.475 e. The van der Waals surface area contributed by atoms with Crippen molar-refractivity contribution in [2.45, 2.75) is 12.4 Å². The predicted molar refractivity (Wildman–Crippen MR) is 96.2 cm³/mol. The molecule has 0 aromatic heterocycles. The van der Waals surface area contributed by atoms with Crippen LogP contribution in [0.25, 0.3) is 0 Å². The first-order valence-electron chi connectivity index (χ1n) is 8.34. The maximum atomic E-state index is 10.6. The normalized spacial score (nSPS) is 17.9. The molecule has 0 aliphatic carbocycles. The minimum atomic E-state index is -5.08. The Balaban J connectivity index is 0.000000216. The van der Waals surface area contributed by atoms with E-state index >= 15 is 0 Å². The molecule has 0 unspecified atom stereocenters. The van der Waals surface area contributed by atoms with Gasteiger partial charge in [-0.3, -0.25) is 9.98 Å². The Kier molecular flexibility index (Phi) is 9.72. The Morgan fingerprint density at radius 2 is 1.09 bits per heavy atom. The monoisotopic (exact) mass is 476 g/mol. The molecule has 4 aliphatic heterocycles. The van der Waals surface area contributed by atoms with E-state index < -0.39 is 24.3 Å². The van der Waals surface area contributed by atoms with Crippen LogP contribution in [0.15, 0.2) is 34.0 Å². The highest BCUT2D eigenvalue weighted by Gasteiger charge is 2.38. The number of nitrogens with one attached hydrogen (secondary N) is 4. The number of alkyl halides is 6. The number of carbonyl (C=O) groups is 2. The number of hydrogen-bond donors (Lipinski definition) is 6. The highest BCUT2D eigenvalue weighted by Crippen LogP contribution is 2.13. The maximum Gasteiger partial charge on any atom is 0.490 e. The van der Waals surface area contributed by atoms with Gasteiger partial charge in [0.05, 0.1) is 38.8 Å². The third-order valence-electron chi connectivity index (χ3n) is 3.35. The number of fused-ring (bicyclic) bond motifs is 2. The quantitative estimate of drug-likeness (QED) is 0.258. The second kappa shape index (κ2) is 11.7. The number of nitrogens with zero attached hydrogens (tertiary/aromatic N) is 4. The Morgan fingerprint density at radius 3 is 1.34 bits per heavy atom. The summed E-state index contributed by atoms with van der Waals surface area (Å²) in [6.07, 6.45) is -2.77. The SMILES string of the molecule is C1=NC=C2NNCN2C1.C1=NC=C2NNCN2C1.O=C(O)C(F)(F)F.O=C(O)C(F)(F)F. The summed E-state index contributed by atoms with van der Waals surface area (Å²) < 4.78 is 63.5. The Hall–Kier alpha value is -3.54. The second-order valence-corrected chi connectivity index (χ2v) is 5.66. The van der Waals surface area contributed by atoms with E-state index in [1.807, 2.05) is 24.8 Å². The minimum absolute atomic E-state index is 0.873. The van der Waals surface area contributed by atoms with Crippen molar-refractivity contribution < 1.29 is 46.1 Å². The van der Waals surface area contributed by atoms with Gasteiger partial charge in [-0.15, -0.1) is 0 Å². The fraction of sp³-hybridized carbons (Fsp3) is 0.429. The van der Waals surface area contributed by atoms with Crippen molar-refractivity contribution in [3.63, 3.8) is 0 Å². The van der Waals surface area contributed by atoms with E-state index in [1.54, 1.807) is 0 Å². The molecule has 32 heavy (non-hydrogen) atoms. The van der Waals surface area contributed by atoms with Crippen LogP contribution in [-0.4, -0.2) is 83.2 Å². The molecule has 2 fully saturated rings. The van der Waals surface area contributed by atoms with Gasteiger partial charge in [0.15, 0.2) is 0 Å². The van der Waals surface area contributed by atoms with Gasteiger partial charge in [-0.2, -0.15) is 26.3 Å². The lowest BCUT2D eigenvalue weighted by Crippen LogP contribution is -2.24. The number of carboxylic acid groups (broad SMARTS) is 2. The van der Waals surface area contributed by atoms with Crippen LogP contribution in [0, 0.1) is 0 Å². The lowest BCUT2D eigenvalue weighted by molar-refractivity contribution is -0.193. The molecule has 0 bridgehead atoms. The van der Waals surface area contributed by atoms with E-state index in [-0.39, 0.29) is 0 Å². The standard InChI is InChI=1S/2C5H8N4.2C2HF3O2/c2*1-2-9-4-7-8-5(9)3-6-1;2*3-2(4,5)1(6)7/h2*1,3,7-8H,2,4H2;2*(H,6,7). The summed E-state index contributed by atoms with van der Waals surface area (Å²) in [5.41, 5.74) is 11.9. The number of rotatable bonds is 0. The molecule has 0 amide bonds. The van der Waals surface area contributed by atoms with E-state index in [2.05, 4.69) is 41.5 Å². The summed E-state index contributed by atoms with van der Waals surface area (Å²) in [5, 5.41) is 14.2. The molecule has 4 aliphatic rings. The molecular formula is C14H18F6N8O4. The van der Waals surface area contributed by atoms with Crippen LogP contribution < -0.4 is 21.7 Å². The molecule has 0 aromatic carbocycles. The van der Waals surface area contributed by atoms with Crippen LogP contribution in [0.3, 0.4) is 0 Å². The van der Waals surface area contributed by atoms with Gasteiger partial charge in [0.25, 0.3) is 0 Å². The van der Waals surface area contributed by atoms with Crippen molar-refractivity contribution in [1.29, 1.82) is 0 Å². The topological polar surface area (TPSA) is 154 Å². The van der Waals surface area contributed by atoms with Gasteiger partial charge in [-0.25, -0.2) is 20.4 Å². The van der Waals surface area contributed by atoms with Crippen LogP contribution in [0.1, 0.15) is 0 Å². The van der Waals surface area contributed by atoms with Gasteiger partial charge in [0.1, 0.15) is 11.6 Å². The lowest BCUT2D eigenvalue weighted by atomic mass is 10.5. The zero-order valence-corrected chi connectivity index (χ0v) is 15.9. The predicted octanol–water partition coefficient (Wildman–Crippen LogP) is -0.259. The number of aliphatic carboxylic acids is 2. The van der Waals surface area contributed by atoms with Crippen molar-refractivity contribution >= 4 is 24.4 Å². The van der Waals surface area contributed by atoms with Gasteiger partial charge in [-0.1, -0.05) is 0 Å². The third kappa shape index (κ3) is 9.51. The molecule has 0 saturated carbocycles. The molecule has 0 atom stereocenters. The summed E-state index contributed by atoms with van der Waals surface area (Å²) in [6, 6.07) is 0. The number of aliphatic imine (C=N–C) groups is 2. The zero-order valence-electron chi connectivity index (χ0n) is 15.9. The Labute approximate surface area is 175 Å². The molecule has 12 nitrogen and oxygen atoms in total. The molecule has 4 heterocycles. The van der Waals surface area contributed by atoms with Crippen molar-refractivity contribution in [1.82, 2.24) is 31.5 Å². The summed E-state index contributed by atoms with van der Waals surface area (Å²) in [5.74, 6) is -3.38. The molecule has 4 rings (SSSR count). The number of carboxylic acids is 2. The fourth-order valence-electron chi connectivity index (χ4n) is 1.87. The van der Waals surface area contributed by atoms with Crippen LogP contribution in [-0.2, 0) is 9.59 Å². The van der Waals surface area contributed by atoms with Crippen LogP contribution in [0.5, 0.6) is 0 Å². The number of halogens is 6. The lowest BCUT2D eigenvalue weighted by Gasteiger charge is -2.15. The molecule has 0 spiro atoms. The van der Waals surface area contributed by atoms with Crippen molar-refractivity contribution in [3.05, 3.63) is 24.0 Å². The summed E-state index contributed by atoms with van der Waals surface area (Å²) in [4.78, 5) is 30.1. The molecule has 0 radical (unpaired) electrons. The largest absolute Gasteiger partial charge is 0.490 e. The van der Waals surface area contributed by atoms with Crippen LogP contribution in [0.4, 0.5) is 26.3 Å². The van der Waals surface area contributed by atoms with E-state index in [9.17, 15) is 26.3 Å². The third-order valence-corrected chi connectivity index (χ3v) is 3.35. The Bertz CT molecular complexity index is 716. The zero-order chi connectivity index (χ0) is 24.4. The van der Waals surface area contributed by atoms with E-state index in [0.29, 0.717) is 0 Å². The van der Waals surface area contributed by atoms with Crippen molar-refractivity contribution in [2.24, 2.45) is 9.98 Å². The molecule has 180 valence electrons. The first-order valence-corrected chi connectivity index (χ1v) is 8.34. The Morgan fingerprint density at radius 1 is 0.781 bits per heavy atom. The second-order valence-electron chi connectivity index (χ2n) is 5.66. The molecule has 6 N–H and O–H groups in total. The van der Waals surface area contributed by atoms with E-state index in [4.69, 9.17) is 19.8 Å². The number of hydrogen-bond acceptors (Lipinski definition) is 10. The average molecular weight is 476 g/mol. The van der Waals surface area contributed by atoms with Gasteiger partial charge in [0.2, 0.25) is 0 Å². The maximum absolute atomic E-state index is 10.6. The van der Waals surface area contributed by atoms with Crippen LogP contribution >= 0.6 is 0 Å². The van der Waals surface area contributed by atoms with Crippen molar-refractivity contribution in [2.75, 3.05) is 26.4 Å². The van der Waals surface area contributed by atoms with Gasteiger partial charge in [-0.05, 0) is 0 Å². The van der Waals surface area contributed by atoms with E-state index in [1.165, 1.54) is 0 Å². The first kappa shape index (κ1) is 26.5. The first-order chi connectivity index (χ1) is 14.8. The van der Waals surface area contributed by atoms with Crippen molar-refractivity contribution in [3.8, 4) is 0 Å².